The van der Waals surface area contributed by atoms with E-state index in [2.05, 4.69) is 19.1 Å². The third-order valence-corrected chi connectivity index (χ3v) is 3.73. The van der Waals surface area contributed by atoms with Gasteiger partial charge in [0.15, 0.2) is 0 Å². The number of aliphatic carboxylic acids is 1. The average molecular weight is 441 g/mol. The molecular formula is C18H34Na2O7S. The van der Waals surface area contributed by atoms with Crippen molar-refractivity contribution < 1.29 is 91.6 Å². The Labute approximate surface area is 214 Å². The first-order valence-electron chi connectivity index (χ1n) is 9.38. The second kappa shape index (κ2) is 26.1. The van der Waals surface area contributed by atoms with E-state index in [0.29, 0.717) is 6.42 Å². The van der Waals surface area contributed by atoms with Crippen LogP contribution < -0.4 is 59.1 Å². The number of allylic oxidation sites excluding steroid dienone is 1. The van der Waals surface area contributed by atoms with Gasteiger partial charge >= 0.3 is 65.1 Å². The molecule has 0 amide bonds. The van der Waals surface area contributed by atoms with Crippen molar-refractivity contribution in [3.05, 3.63) is 12.2 Å². The standard InChI is InChI=1S/C18H34O3.2Na.H2O4S/c1-2-3-4-11-14-17(19)15-12-9-7-5-6-8-10-13-16-18(20)21;;;1-5(2,3)4/h9,12,17,19H,2-8,10-11,13-16H2,1H3,(H,20,21);;;(H2,1,2,3,4)/q;2*+1;/p-2/b12-9-;;;. The first-order chi connectivity index (χ1) is 12.2. The van der Waals surface area contributed by atoms with Gasteiger partial charge < -0.3 is 19.3 Å². The van der Waals surface area contributed by atoms with Crippen LogP contribution >= 0.6 is 0 Å². The summed E-state index contributed by atoms with van der Waals surface area (Å²) in [6.45, 7) is 2.20. The van der Waals surface area contributed by atoms with E-state index in [1.54, 1.807) is 0 Å². The molecule has 0 saturated heterocycles. The molecule has 10 heteroatoms. The van der Waals surface area contributed by atoms with Gasteiger partial charge in [0.05, 0.1) is 6.10 Å². The van der Waals surface area contributed by atoms with Crippen LogP contribution in [-0.2, 0) is 15.2 Å². The largest absolute Gasteiger partial charge is 1.00 e. The van der Waals surface area contributed by atoms with Crippen molar-refractivity contribution in [3.8, 4) is 0 Å². The molecule has 1 unspecified atom stereocenters. The zero-order valence-corrected chi connectivity index (χ0v) is 22.6. The molecule has 1 atom stereocenters. The fraction of sp³-hybridized carbons (Fsp3) is 0.833. The summed E-state index contributed by atoms with van der Waals surface area (Å²) in [5.41, 5.74) is 0. The van der Waals surface area contributed by atoms with Crippen molar-refractivity contribution in [2.24, 2.45) is 0 Å². The van der Waals surface area contributed by atoms with Crippen LogP contribution in [0.15, 0.2) is 12.2 Å². The smallest absolute Gasteiger partial charge is 0.759 e. The molecule has 0 spiro atoms. The Bertz CT molecular complexity index is 449. The molecule has 0 aromatic carbocycles. The Morgan fingerprint density at radius 1 is 0.929 bits per heavy atom. The molecule has 0 bridgehead atoms. The van der Waals surface area contributed by atoms with E-state index in [1.165, 1.54) is 25.7 Å². The number of aliphatic hydroxyl groups is 1. The third kappa shape index (κ3) is 45.7. The van der Waals surface area contributed by atoms with Gasteiger partial charge in [0, 0.05) is 16.8 Å². The summed E-state index contributed by atoms with van der Waals surface area (Å²) in [5, 5.41) is 18.3. The molecule has 7 nitrogen and oxygen atoms in total. The molecule has 0 aromatic rings. The van der Waals surface area contributed by atoms with Gasteiger partial charge in [-0.2, -0.15) is 0 Å². The summed E-state index contributed by atoms with van der Waals surface area (Å²) in [6, 6.07) is 0. The molecule has 0 rings (SSSR count). The van der Waals surface area contributed by atoms with E-state index >= 15 is 0 Å². The molecule has 0 heterocycles. The molecule has 2 N–H and O–H groups in total. The summed E-state index contributed by atoms with van der Waals surface area (Å²) in [5.74, 6) is -0.689. The summed E-state index contributed by atoms with van der Waals surface area (Å²) >= 11 is 0. The zero-order chi connectivity index (χ0) is 20.3. The van der Waals surface area contributed by atoms with Gasteiger partial charge in [0.25, 0.3) is 0 Å². The van der Waals surface area contributed by atoms with Gasteiger partial charge in [0.2, 0.25) is 0 Å². The van der Waals surface area contributed by atoms with E-state index in [1.807, 2.05) is 0 Å². The summed E-state index contributed by atoms with van der Waals surface area (Å²) < 4.78 is 34.1. The van der Waals surface area contributed by atoms with Crippen LogP contribution in [0.1, 0.15) is 90.4 Å². The Hall–Kier alpha value is 1.04. The second-order valence-corrected chi connectivity index (χ2v) is 7.14. The zero-order valence-electron chi connectivity index (χ0n) is 17.8. The molecule has 0 aromatic heterocycles. The number of carboxylic acids is 1. The summed E-state index contributed by atoms with van der Waals surface area (Å²) in [4.78, 5) is 10.3. The maximum Gasteiger partial charge on any atom is 1.00 e. The minimum absolute atomic E-state index is 0. The van der Waals surface area contributed by atoms with Crippen LogP contribution in [0.4, 0.5) is 0 Å². The van der Waals surface area contributed by atoms with Gasteiger partial charge in [-0.3, -0.25) is 13.2 Å². The second-order valence-electron chi connectivity index (χ2n) is 6.32. The predicted octanol–water partition coefficient (Wildman–Crippen LogP) is -2.25. The fourth-order valence-electron chi connectivity index (χ4n) is 2.36. The van der Waals surface area contributed by atoms with E-state index in [0.717, 1.165) is 51.4 Å². The van der Waals surface area contributed by atoms with Crippen LogP contribution in [0, 0.1) is 0 Å². The Morgan fingerprint density at radius 3 is 1.96 bits per heavy atom. The van der Waals surface area contributed by atoms with E-state index in [4.69, 9.17) is 22.6 Å². The molecule has 0 fully saturated rings. The minimum Gasteiger partial charge on any atom is -0.759 e. The molecule has 0 aliphatic rings. The van der Waals surface area contributed by atoms with Crippen LogP contribution in [-0.4, -0.2) is 39.8 Å². The normalized spacial score (nSPS) is 11.7. The molecule has 0 aliphatic carbocycles. The van der Waals surface area contributed by atoms with Gasteiger partial charge in [-0.1, -0.05) is 64.0 Å². The van der Waals surface area contributed by atoms with Gasteiger partial charge in [-0.05, 0) is 32.1 Å². The first kappa shape index (κ1) is 36.4. The minimum atomic E-state index is -5.17. The Kier molecular flexibility index (Phi) is 33.9. The van der Waals surface area contributed by atoms with Crippen molar-refractivity contribution in [3.63, 3.8) is 0 Å². The van der Waals surface area contributed by atoms with E-state index in [9.17, 15) is 9.90 Å². The van der Waals surface area contributed by atoms with Crippen molar-refractivity contribution in [2.75, 3.05) is 0 Å². The van der Waals surface area contributed by atoms with E-state index < -0.39 is 16.4 Å². The molecule has 0 radical (unpaired) electrons. The quantitative estimate of drug-likeness (QED) is 0.0964. The molecule has 156 valence electrons. The Balaban J connectivity index is -0.000000364. The number of hydrogen-bond donors (Lipinski definition) is 2. The topological polar surface area (TPSA) is 138 Å². The molecule has 0 aliphatic heterocycles. The van der Waals surface area contributed by atoms with Gasteiger partial charge in [-0.25, -0.2) is 0 Å². The van der Waals surface area contributed by atoms with Crippen molar-refractivity contribution in [1.82, 2.24) is 0 Å². The molecule has 0 saturated carbocycles. The maximum atomic E-state index is 10.3. The monoisotopic (exact) mass is 440 g/mol. The average Bonchev–Trinajstić information content (AvgIpc) is 2.51. The van der Waals surface area contributed by atoms with Crippen molar-refractivity contribution >= 4 is 16.4 Å². The van der Waals surface area contributed by atoms with Crippen LogP contribution in [0.25, 0.3) is 0 Å². The number of carbonyl (C=O) groups is 1. The fourth-order valence-corrected chi connectivity index (χ4v) is 2.36. The van der Waals surface area contributed by atoms with Crippen LogP contribution in [0.5, 0.6) is 0 Å². The number of carboxylic acid groups (broad SMARTS) is 1. The first-order valence-corrected chi connectivity index (χ1v) is 10.7. The number of aliphatic hydroxyl groups excluding tert-OH is 1. The number of hydrogen-bond acceptors (Lipinski definition) is 6. The summed E-state index contributed by atoms with van der Waals surface area (Å²) in [6.07, 6.45) is 17.4. The van der Waals surface area contributed by atoms with Crippen molar-refractivity contribution in [2.45, 2.75) is 96.5 Å². The molecular weight excluding hydrogens is 406 g/mol. The molecule has 28 heavy (non-hydrogen) atoms. The van der Waals surface area contributed by atoms with Crippen LogP contribution in [0.2, 0.25) is 0 Å². The van der Waals surface area contributed by atoms with Crippen LogP contribution in [0.3, 0.4) is 0 Å². The SMILES string of the molecule is CCCCCCC(O)C/C=C\CCCCCCCC(=O)O.O=S(=O)([O-])[O-].[Na+].[Na+]. The summed E-state index contributed by atoms with van der Waals surface area (Å²) in [7, 11) is -5.17. The van der Waals surface area contributed by atoms with Gasteiger partial charge in [0.1, 0.15) is 0 Å². The number of rotatable bonds is 15. The maximum absolute atomic E-state index is 10.3. The third-order valence-electron chi connectivity index (χ3n) is 3.73. The van der Waals surface area contributed by atoms with E-state index in [-0.39, 0.29) is 65.2 Å². The number of unbranched alkanes of at least 4 members (excludes halogenated alkanes) is 8. The van der Waals surface area contributed by atoms with Gasteiger partial charge in [-0.15, -0.1) is 0 Å². The van der Waals surface area contributed by atoms with Crippen molar-refractivity contribution in [1.29, 1.82) is 0 Å². The Morgan fingerprint density at radius 2 is 1.43 bits per heavy atom. The predicted molar refractivity (Wildman–Crippen MR) is 99.0 cm³/mol.